The molecule has 132 valence electrons. The van der Waals surface area contributed by atoms with E-state index in [1.807, 2.05) is 0 Å². The molecule has 0 unspecified atom stereocenters. The van der Waals surface area contributed by atoms with Crippen molar-refractivity contribution in [1.82, 2.24) is 24.7 Å². The van der Waals surface area contributed by atoms with Crippen LogP contribution in [-0.2, 0) is 13.1 Å². The summed E-state index contributed by atoms with van der Waals surface area (Å²) in [5, 5.41) is 10.3. The molecule has 3 rings (SSSR count). The number of amides is 1. The van der Waals surface area contributed by atoms with Gasteiger partial charge in [0.25, 0.3) is 5.91 Å². The zero-order chi connectivity index (χ0) is 18.0. The first-order chi connectivity index (χ1) is 11.9. The van der Waals surface area contributed by atoms with Crippen LogP contribution >= 0.6 is 0 Å². The minimum Gasteiger partial charge on any atom is -0.497 e. The number of ether oxygens (including phenoxy) is 1. The number of nitrogens with one attached hydrogen (secondary N) is 1. The summed E-state index contributed by atoms with van der Waals surface area (Å²) in [6.45, 7) is -1.12. The molecule has 0 bridgehead atoms. The third-order valence-corrected chi connectivity index (χ3v) is 3.45. The molecule has 25 heavy (non-hydrogen) atoms. The zero-order valence-electron chi connectivity index (χ0n) is 13.1. The Bertz CT molecular complexity index is 900. The van der Waals surface area contributed by atoms with E-state index in [-0.39, 0.29) is 6.54 Å². The van der Waals surface area contributed by atoms with Crippen molar-refractivity contribution in [2.75, 3.05) is 7.11 Å². The first-order valence-electron chi connectivity index (χ1n) is 7.23. The molecule has 0 saturated heterocycles. The van der Waals surface area contributed by atoms with Crippen LogP contribution in [0.1, 0.15) is 15.9 Å². The molecule has 1 amide bonds. The summed E-state index contributed by atoms with van der Waals surface area (Å²) in [6.07, 6.45) is 1.25. The first-order valence-corrected chi connectivity index (χ1v) is 7.23. The second-order valence-electron chi connectivity index (χ2n) is 5.30. The van der Waals surface area contributed by atoms with Gasteiger partial charge in [-0.3, -0.25) is 9.48 Å². The predicted octanol–water partition coefficient (Wildman–Crippen LogP) is 2.03. The van der Waals surface area contributed by atoms with Crippen LogP contribution in [0.5, 0.6) is 5.75 Å². The molecule has 1 N–H and O–H groups in total. The van der Waals surface area contributed by atoms with E-state index in [2.05, 4.69) is 15.5 Å². The van der Waals surface area contributed by atoms with Gasteiger partial charge in [0.2, 0.25) is 0 Å². The molecule has 0 aliphatic rings. The number of fused-ring (bicyclic) bond motifs is 1. The monoisotopic (exact) mass is 353 g/mol. The van der Waals surface area contributed by atoms with E-state index in [4.69, 9.17) is 4.74 Å². The molecule has 7 nitrogen and oxygen atoms in total. The third kappa shape index (κ3) is 3.90. The van der Waals surface area contributed by atoms with E-state index < -0.39 is 18.6 Å². The van der Waals surface area contributed by atoms with E-state index in [1.165, 1.54) is 30.2 Å². The van der Waals surface area contributed by atoms with Gasteiger partial charge in [0, 0.05) is 30.6 Å². The normalized spacial score (nSPS) is 11.7. The number of aromatic nitrogens is 4. The number of pyridine rings is 1. The third-order valence-electron chi connectivity index (χ3n) is 3.45. The van der Waals surface area contributed by atoms with Crippen LogP contribution in [0.3, 0.4) is 0 Å². The Morgan fingerprint density at radius 2 is 2.12 bits per heavy atom. The second kappa shape index (κ2) is 6.46. The topological polar surface area (TPSA) is 73.5 Å². The van der Waals surface area contributed by atoms with Gasteiger partial charge in [-0.05, 0) is 6.07 Å². The Labute approximate surface area is 140 Å². The van der Waals surface area contributed by atoms with Crippen molar-refractivity contribution in [2.24, 2.45) is 0 Å². The summed E-state index contributed by atoms with van der Waals surface area (Å²) in [7, 11) is 1.51. The molecule has 3 heterocycles. The maximum atomic E-state index is 12.3. The highest BCUT2D eigenvalue weighted by Gasteiger charge is 2.28. The van der Waals surface area contributed by atoms with Gasteiger partial charge in [-0.25, -0.2) is 4.52 Å². The lowest BCUT2D eigenvalue weighted by Crippen LogP contribution is -2.22. The number of hydrogen-bond donors (Lipinski definition) is 1. The maximum absolute atomic E-state index is 12.3. The number of halogens is 3. The molecule has 0 aliphatic heterocycles. The molecule has 10 heteroatoms. The lowest BCUT2D eigenvalue weighted by molar-refractivity contribution is -0.142. The fourth-order valence-corrected chi connectivity index (χ4v) is 2.31. The summed E-state index contributed by atoms with van der Waals surface area (Å²) >= 11 is 0. The van der Waals surface area contributed by atoms with Gasteiger partial charge < -0.3 is 10.1 Å². The Kier molecular flexibility index (Phi) is 4.34. The highest BCUT2D eigenvalue weighted by molar-refractivity contribution is 6.00. The molecule has 0 fully saturated rings. The second-order valence-corrected chi connectivity index (χ2v) is 5.30. The minimum absolute atomic E-state index is 0.0536. The number of carbonyl (C=O) groups is 1. The number of rotatable bonds is 5. The summed E-state index contributed by atoms with van der Waals surface area (Å²) in [4.78, 5) is 12.3. The molecule has 0 atom stereocenters. The SMILES string of the molecule is COc1ccn2ncc(C(=O)NCc3cnn(CC(F)(F)F)c3)c2c1. The molecule has 3 aromatic heterocycles. The van der Waals surface area contributed by atoms with Crippen LogP contribution < -0.4 is 10.1 Å². The van der Waals surface area contributed by atoms with E-state index in [1.54, 1.807) is 18.3 Å². The molecular formula is C15H14F3N5O2. The number of nitrogens with zero attached hydrogens (tertiary/aromatic N) is 4. The molecular weight excluding hydrogens is 339 g/mol. The number of methoxy groups -OCH3 is 1. The average molecular weight is 353 g/mol. The van der Waals surface area contributed by atoms with Crippen LogP contribution in [0.4, 0.5) is 13.2 Å². The summed E-state index contributed by atoms with van der Waals surface area (Å²) < 4.78 is 44.4. The highest BCUT2D eigenvalue weighted by atomic mass is 19.4. The lowest BCUT2D eigenvalue weighted by Gasteiger charge is -2.05. The Morgan fingerprint density at radius 3 is 2.84 bits per heavy atom. The Balaban J connectivity index is 1.69. The standard InChI is InChI=1S/C15H14F3N5O2/c1-25-11-2-3-23-13(4-11)12(7-21-23)14(24)19-5-10-6-20-22(8-10)9-15(16,17)18/h2-4,6-8H,5,9H2,1H3,(H,19,24). The van der Waals surface area contributed by atoms with E-state index in [0.29, 0.717) is 22.4 Å². The van der Waals surface area contributed by atoms with Gasteiger partial charge >= 0.3 is 6.18 Å². The fraction of sp³-hybridized carbons (Fsp3) is 0.267. The highest BCUT2D eigenvalue weighted by Crippen LogP contribution is 2.18. The first kappa shape index (κ1) is 16.8. The van der Waals surface area contributed by atoms with Crippen molar-refractivity contribution in [3.05, 3.63) is 48.0 Å². The average Bonchev–Trinajstić information content (AvgIpc) is 3.17. The smallest absolute Gasteiger partial charge is 0.408 e. The van der Waals surface area contributed by atoms with Crippen LogP contribution in [0.2, 0.25) is 0 Å². The molecule has 0 radical (unpaired) electrons. The van der Waals surface area contributed by atoms with Gasteiger partial charge in [0.15, 0.2) is 0 Å². The Hall–Kier alpha value is -3.04. The van der Waals surface area contributed by atoms with Crippen molar-refractivity contribution in [1.29, 1.82) is 0 Å². The number of hydrogen-bond acceptors (Lipinski definition) is 4. The van der Waals surface area contributed by atoms with Crippen LogP contribution in [0.15, 0.2) is 36.9 Å². The van der Waals surface area contributed by atoms with E-state index >= 15 is 0 Å². The maximum Gasteiger partial charge on any atom is 0.408 e. The Morgan fingerprint density at radius 1 is 1.32 bits per heavy atom. The fourth-order valence-electron chi connectivity index (χ4n) is 2.31. The van der Waals surface area contributed by atoms with E-state index in [0.717, 1.165) is 4.68 Å². The van der Waals surface area contributed by atoms with Gasteiger partial charge in [-0.1, -0.05) is 0 Å². The molecule has 3 aromatic rings. The van der Waals surface area contributed by atoms with Crippen LogP contribution in [0, 0.1) is 0 Å². The van der Waals surface area contributed by atoms with Gasteiger partial charge in [-0.2, -0.15) is 23.4 Å². The minimum atomic E-state index is -4.34. The molecule has 0 spiro atoms. The van der Waals surface area contributed by atoms with Crippen molar-refractivity contribution < 1.29 is 22.7 Å². The number of carbonyl (C=O) groups excluding carboxylic acids is 1. The summed E-state index contributed by atoms with van der Waals surface area (Å²) in [5.41, 5.74) is 1.36. The van der Waals surface area contributed by atoms with Crippen molar-refractivity contribution in [3.8, 4) is 5.75 Å². The number of alkyl halides is 3. The van der Waals surface area contributed by atoms with Crippen LogP contribution in [-0.4, -0.2) is 38.6 Å². The molecule has 0 aromatic carbocycles. The zero-order valence-corrected chi connectivity index (χ0v) is 13.1. The largest absolute Gasteiger partial charge is 0.497 e. The lowest BCUT2D eigenvalue weighted by atomic mass is 10.2. The quantitative estimate of drug-likeness (QED) is 0.762. The van der Waals surface area contributed by atoms with E-state index in [9.17, 15) is 18.0 Å². The van der Waals surface area contributed by atoms with Gasteiger partial charge in [0.05, 0.1) is 30.6 Å². The summed E-state index contributed by atoms with van der Waals surface area (Å²) in [6, 6.07) is 3.37. The van der Waals surface area contributed by atoms with Crippen molar-refractivity contribution >= 4 is 11.4 Å². The molecule has 0 saturated carbocycles. The van der Waals surface area contributed by atoms with Crippen LogP contribution in [0.25, 0.3) is 5.52 Å². The predicted molar refractivity (Wildman–Crippen MR) is 81.2 cm³/mol. The molecule has 0 aliphatic carbocycles. The summed E-state index contributed by atoms with van der Waals surface area (Å²) in [5.74, 6) is 0.183. The van der Waals surface area contributed by atoms with Gasteiger partial charge in [-0.15, -0.1) is 0 Å². The van der Waals surface area contributed by atoms with Crippen molar-refractivity contribution in [2.45, 2.75) is 19.3 Å². The van der Waals surface area contributed by atoms with Crippen molar-refractivity contribution in [3.63, 3.8) is 0 Å². The van der Waals surface area contributed by atoms with Gasteiger partial charge in [0.1, 0.15) is 12.3 Å².